The first kappa shape index (κ1) is 12.7. The highest BCUT2D eigenvalue weighted by atomic mass is 32.2. The number of nitrogens with zero attached hydrogens (tertiary/aromatic N) is 1. The molecule has 0 unspecified atom stereocenters. The van der Waals surface area contributed by atoms with Crippen LogP contribution < -0.4 is 4.72 Å². The smallest absolute Gasteiger partial charge is 0.244 e. The molecule has 1 aromatic carbocycles. The minimum Gasteiger partial charge on any atom is -0.281 e. The van der Waals surface area contributed by atoms with Crippen molar-refractivity contribution >= 4 is 10.0 Å². The summed E-state index contributed by atoms with van der Waals surface area (Å²) in [7, 11) is -3.67. The van der Waals surface area contributed by atoms with Crippen molar-refractivity contribution in [1.82, 2.24) is 14.9 Å². The van der Waals surface area contributed by atoms with E-state index in [-0.39, 0.29) is 11.4 Å². The number of nitrogens with one attached hydrogen (secondary N) is 2. The maximum absolute atomic E-state index is 13.3. The summed E-state index contributed by atoms with van der Waals surface area (Å²) < 4.78 is 39.5. The van der Waals surface area contributed by atoms with Gasteiger partial charge < -0.3 is 0 Å². The molecule has 2 N–H and O–H groups in total. The van der Waals surface area contributed by atoms with E-state index in [1.165, 1.54) is 18.3 Å². The van der Waals surface area contributed by atoms with Crippen LogP contribution in [-0.4, -0.2) is 18.6 Å². The third kappa shape index (κ3) is 2.57. The Kier molecular flexibility index (Phi) is 3.44. The SMILES string of the molecule is Cc1[nH]ncc1S(=O)(=O)NCc1ccccc1F. The number of hydrogen-bond donors (Lipinski definition) is 2. The Morgan fingerprint density at radius 3 is 2.72 bits per heavy atom. The summed E-state index contributed by atoms with van der Waals surface area (Å²) in [6, 6.07) is 6.01. The lowest BCUT2D eigenvalue weighted by molar-refractivity contribution is 0.574. The molecular weight excluding hydrogens is 257 g/mol. The van der Waals surface area contributed by atoms with E-state index in [1.807, 2.05) is 0 Å². The van der Waals surface area contributed by atoms with Crippen molar-refractivity contribution in [2.45, 2.75) is 18.4 Å². The molecule has 2 aromatic rings. The van der Waals surface area contributed by atoms with Crippen molar-refractivity contribution in [3.8, 4) is 0 Å². The van der Waals surface area contributed by atoms with Crippen molar-refractivity contribution in [3.05, 3.63) is 47.5 Å². The van der Waals surface area contributed by atoms with Gasteiger partial charge in [0.15, 0.2) is 0 Å². The first-order valence-corrected chi connectivity index (χ1v) is 6.72. The van der Waals surface area contributed by atoms with Crippen LogP contribution in [0, 0.1) is 12.7 Å². The van der Waals surface area contributed by atoms with Gasteiger partial charge in [-0.15, -0.1) is 0 Å². The Bertz CT molecular complexity index is 652. The Hall–Kier alpha value is -1.73. The number of aryl methyl sites for hydroxylation is 1. The number of aromatic amines is 1. The number of rotatable bonds is 4. The highest BCUT2D eigenvalue weighted by Gasteiger charge is 2.18. The van der Waals surface area contributed by atoms with Crippen molar-refractivity contribution in [2.24, 2.45) is 0 Å². The van der Waals surface area contributed by atoms with Crippen LogP contribution in [0.4, 0.5) is 4.39 Å². The molecule has 0 fully saturated rings. The lowest BCUT2D eigenvalue weighted by atomic mass is 10.2. The van der Waals surface area contributed by atoms with Gasteiger partial charge in [-0.25, -0.2) is 17.5 Å². The standard InChI is InChI=1S/C11H12FN3O2S/c1-8-11(7-13-15-8)18(16,17)14-6-9-4-2-3-5-10(9)12/h2-5,7,14H,6H2,1H3,(H,13,15). The second-order valence-electron chi connectivity index (χ2n) is 3.78. The molecule has 2 rings (SSSR count). The number of benzene rings is 1. The molecule has 0 aliphatic heterocycles. The van der Waals surface area contributed by atoms with E-state index in [0.29, 0.717) is 11.3 Å². The highest BCUT2D eigenvalue weighted by Crippen LogP contribution is 2.12. The molecule has 0 spiro atoms. The van der Waals surface area contributed by atoms with Crippen LogP contribution in [0.25, 0.3) is 0 Å². The summed E-state index contributed by atoms with van der Waals surface area (Å²) in [5.74, 6) is -0.441. The van der Waals surface area contributed by atoms with Crippen LogP contribution in [0.15, 0.2) is 35.4 Å². The van der Waals surface area contributed by atoms with Gasteiger partial charge in [0, 0.05) is 12.1 Å². The molecule has 0 aliphatic carbocycles. The van der Waals surface area contributed by atoms with Gasteiger partial charge in [0.05, 0.1) is 11.9 Å². The molecule has 96 valence electrons. The number of hydrogen-bond acceptors (Lipinski definition) is 3. The number of aromatic nitrogens is 2. The maximum atomic E-state index is 13.3. The summed E-state index contributed by atoms with van der Waals surface area (Å²) in [4.78, 5) is 0.0684. The lowest BCUT2D eigenvalue weighted by Crippen LogP contribution is -2.24. The second kappa shape index (κ2) is 4.87. The second-order valence-corrected chi connectivity index (χ2v) is 5.51. The maximum Gasteiger partial charge on any atom is 0.244 e. The van der Waals surface area contributed by atoms with Crippen LogP contribution in [0.5, 0.6) is 0 Å². The zero-order chi connectivity index (χ0) is 13.2. The molecule has 0 amide bonds. The van der Waals surface area contributed by atoms with E-state index in [4.69, 9.17) is 0 Å². The van der Waals surface area contributed by atoms with E-state index in [1.54, 1.807) is 19.1 Å². The normalized spacial score (nSPS) is 11.7. The average Bonchev–Trinajstić information content (AvgIpc) is 2.75. The zero-order valence-electron chi connectivity index (χ0n) is 9.64. The predicted octanol–water partition coefficient (Wildman–Crippen LogP) is 1.34. The Labute approximate surface area is 104 Å². The molecule has 0 saturated carbocycles. The van der Waals surface area contributed by atoms with E-state index in [2.05, 4.69) is 14.9 Å². The van der Waals surface area contributed by atoms with Gasteiger partial charge in [-0.05, 0) is 13.0 Å². The molecule has 5 nitrogen and oxygen atoms in total. The molecular formula is C11H12FN3O2S. The van der Waals surface area contributed by atoms with Crippen LogP contribution in [0.2, 0.25) is 0 Å². The number of halogens is 1. The summed E-state index contributed by atoms with van der Waals surface area (Å²) in [5.41, 5.74) is 0.734. The predicted molar refractivity (Wildman–Crippen MR) is 63.8 cm³/mol. The van der Waals surface area contributed by atoms with Gasteiger partial charge in [0.25, 0.3) is 0 Å². The third-order valence-electron chi connectivity index (χ3n) is 2.48. The zero-order valence-corrected chi connectivity index (χ0v) is 10.5. The summed E-state index contributed by atoms with van der Waals surface area (Å²) in [6.45, 7) is 1.50. The Morgan fingerprint density at radius 1 is 1.39 bits per heavy atom. The topological polar surface area (TPSA) is 74.8 Å². The van der Waals surface area contributed by atoms with Gasteiger partial charge in [-0.3, -0.25) is 5.10 Å². The Balaban J connectivity index is 2.16. The summed E-state index contributed by atoms with van der Waals surface area (Å²) in [6.07, 6.45) is 1.22. The minimum absolute atomic E-state index is 0.0684. The fraction of sp³-hybridized carbons (Fsp3) is 0.182. The van der Waals surface area contributed by atoms with Crippen molar-refractivity contribution in [1.29, 1.82) is 0 Å². The van der Waals surface area contributed by atoms with E-state index in [0.717, 1.165) is 0 Å². The molecule has 0 saturated heterocycles. The Morgan fingerprint density at radius 2 is 2.11 bits per heavy atom. The van der Waals surface area contributed by atoms with Crippen molar-refractivity contribution < 1.29 is 12.8 Å². The lowest BCUT2D eigenvalue weighted by Gasteiger charge is -2.06. The molecule has 1 aromatic heterocycles. The molecule has 0 bridgehead atoms. The minimum atomic E-state index is -3.67. The van der Waals surface area contributed by atoms with Gasteiger partial charge in [0.2, 0.25) is 10.0 Å². The first-order valence-electron chi connectivity index (χ1n) is 5.24. The summed E-state index contributed by atoms with van der Waals surface area (Å²) >= 11 is 0. The van der Waals surface area contributed by atoms with Crippen LogP contribution in [0.3, 0.4) is 0 Å². The fourth-order valence-electron chi connectivity index (χ4n) is 1.50. The molecule has 0 radical (unpaired) electrons. The summed E-state index contributed by atoms with van der Waals surface area (Å²) in [5, 5.41) is 6.18. The third-order valence-corrected chi connectivity index (χ3v) is 4.00. The van der Waals surface area contributed by atoms with Gasteiger partial charge in [-0.1, -0.05) is 18.2 Å². The highest BCUT2D eigenvalue weighted by molar-refractivity contribution is 7.89. The monoisotopic (exact) mass is 269 g/mol. The van der Waals surface area contributed by atoms with Crippen molar-refractivity contribution in [3.63, 3.8) is 0 Å². The first-order chi connectivity index (χ1) is 8.50. The molecule has 7 heteroatoms. The van der Waals surface area contributed by atoms with Crippen LogP contribution in [0.1, 0.15) is 11.3 Å². The number of sulfonamides is 1. The van der Waals surface area contributed by atoms with E-state index >= 15 is 0 Å². The largest absolute Gasteiger partial charge is 0.281 e. The van der Waals surface area contributed by atoms with Gasteiger partial charge >= 0.3 is 0 Å². The fourth-order valence-corrected chi connectivity index (χ4v) is 2.64. The molecule has 1 heterocycles. The molecule has 0 atom stereocenters. The van der Waals surface area contributed by atoms with Crippen LogP contribution in [-0.2, 0) is 16.6 Å². The average molecular weight is 269 g/mol. The quantitative estimate of drug-likeness (QED) is 0.879. The van der Waals surface area contributed by atoms with E-state index in [9.17, 15) is 12.8 Å². The van der Waals surface area contributed by atoms with Gasteiger partial charge in [0.1, 0.15) is 10.7 Å². The number of H-pyrrole nitrogens is 1. The van der Waals surface area contributed by atoms with Gasteiger partial charge in [-0.2, -0.15) is 5.10 Å². The molecule has 0 aliphatic rings. The molecule has 18 heavy (non-hydrogen) atoms. The van der Waals surface area contributed by atoms with Crippen molar-refractivity contribution in [2.75, 3.05) is 0 Å². The van der Waals surface area contributed by atoms with E-state index < -0.39 is 15.8 Å². The van der Waals surface area contributed by atoms with Crippen LogP contribution >= 0.6 is 0 Å².